The van der Waals surface area contributed by atoms with Gasteiger partial charge in [0.1, 0.15) is 0 Å². The van der Waals surface area contributed by atoms with Crippen molar-refractivity contribution in [3.8, 4) is 0 Å². The average Bonchev–Trinajstić information content (AvgIpc) is 2.47. The molecule has 0 radical (unpaired) electrons. The third-order valence-corrected chi connectivity index (χ3v) is 3.02. The van der Waals surface area contributed by atoms with Gasteiger partial charge in [-0.05, 0) is 32.8 Å². The highest BCUT2D eigenvalue weighted by Crippen LogP contribution is 2.24. The van der Waals surface area contributed by atoms with Crippen LogP contribution in [-0.4, -0.2) is 15.6 Å². The van der Waals surface area contributed by atoms with Crippen LogP contribution >= 0.6 is 0 Å². The lowest BCUT2D eigenvalue weighted by Gasteiger charge is -2.19. The van der Waals surface area contributed by atoms with E-state index in [2.05, 4.69) is 18.4 Å². The van der Waals surface area contributed by atoms with E-state index in [1.54, 1.807) is 6.07 Å². The zero-order valence-electron chi connectivity index (χ0n) is 9.87. The molecule has 0 aliphatic heterocycles. The minimum atomic E-state index is -0.833. The van der Waals surface area contributed by atoms with Gasteiger partial charge in [-0.1, -0.05) is 13.8 Å². The predicted molar refractivity (Wildman–Crippen MR) is 60.5 cm³/mol. The first-order chi connectivity index (χ1) is 7.02. The molecule has 0 aliphatic carbocycles. The van der Waals surface area contributed by atoms with E-state index in [0.717, 1.165) is 24.2 Å². The molecule has 84 valence electrons. The lowest BCUT2D eigenvalue weighted by atomic mass is 10.1. The monoisotopic (exact) mass is 209 g/mol. The number of carbonyl (C=O) groups is 1. The van der Waals surface area contributed by atoms with Crippen LogP contribution in [0.25, 0.3) is 0 Å². The molecule has 3 heteroatoms. The fourth-order valence-electron chi connectivity index (χ4n) is 2.21. The van der Waals surface area contributed by atoms with Gasteiger partial charge in [-0.15, -0.1) is 0 Å². The van der Waals surface area contributed by atoms with Gasteiger partial charge in [-0.2, -0.15) is 0 Å². The largest absolute Gasteiger partial charge is 0.478 e. The van der Waals surface area contributed by atoms with Gasteiger partial charge in [0, 0.05) is 17.4 Å². The van der Waals surface area contributed by atoms with E-state index in [9.17, 15) is 4.79 Å². The Kier molecular flexibility index (Phi) is 3.56. The Hall–Kier alpha value is -1.25. The smallest absolute Gasteiger partial charge is 0.337 e. The van der Waals surface area contributed by atoms with Gasteiger partial charge >= 0.3 is 5.97 Å². The van der Waals surface area contributed by atoms with Crippen LogP contribution in [0.1, 0.15) is 54.5 Å². The minimum absolute atomic E-state index is 0.415. The van der Waals surface area contributed by atoms with Crippen LogP contribution in [0.4, 0.5) is 0 Å². The Labute approximate surface area is 90.7 Å². The quantitative estimate of drug-likeness (QED) is 0.827. The molecule has 0 saturated heterocycles. The molecule has 0 unspecified atom stereocenters. The molecule has 1 aromatic heterocycles. The Morgan fingerprint density at radius 3 is 2.27 bits per heavy atom. The van der Waals surface area contributed by atoms with E-state index in [0.29, 0.717) is 11.6 Å². The summed E-state index contributed by atoms with van der Waals surface area (Å²) in [5.41, 5.74) is 2.34. The number of aryl methyl sites for hydroxylation is 1. The number of carboxylic acids is 1. The summed E-state index contributed by atoms with van der Waals surface area (Å²) in [5.74, 6) is -0.833. The van der Waals surface area contributed by atoms with Crippen LogP contribution in [0.5, 0.6) is 0 Å². The second-order valence-corrected chi connectivity index (χ2v) is 3.93. The van der Waals surface area contributed by atoms with Gasteiger partial charge in [-0.25, -0.2) is 4.79 Å². The first kappa shape index (κ1) is 11.8. The highest BCUT2D eigenvalue weighted by Gasteiger charge is 2.18. The standard InChI is InChI=1S/C12H19NO2/c1-5-10(6-2)13-8(3)7-11(9(13)4)12(14)15/h7,10H,5-6H2,1-4H3,(H,14,15). The number of nitrogens with zero attached hydrogens (tertiary/aromatic N) is 1. The topological polar surface area (TPSA) is 42.2 Å². The van der Waals surface area contributed by atoms with Crippen LogP contribution in [0.15, 0.2) is 6.07 Å². The summed E-state index contributed by atoms with van der Waals surface area (Å²) in [7, 11) is 0. The van der Waals surface area contributed by atoms with E-state index >= 15 is 0 Å². The van der Waals surface area contributed by atoms with Gasteiger partial charge < -0.3 is 9.67 Å². The van der Waals surface area contributed by atoms with Gasteiger partial charge in [0.05, 0.1) is 5.56 Å². The normalized spacial score (nSPS) is 11.0. The van der Waals surface area contributed by atoms with Crippen molar-refractivity contribution in [2.24, 2.45) is 0 Å². The van der Waals surface area contributed by atoms with E-state index in [4.69, 9.17) is 5.11 Å². The second kappa shape index (κ2) is 4.51. The lowest BCUT2D eigenvalue weighted by Crippen LogP contribution is -2.11. The fourth-order valence-corrected chi connectivity index (χ4v) is 2.21. The molecule has 0 aromatic carbocycles. The number of aromatic carboxylic acids is 1. The Morgan fingerprint density at radius 2 is 1.93 bits per heavy atom. The highest BCUT2D eigenvalue weighted by atomic mass is 16.4. The summed E-state index contributed by atoms with van der Waals surface area (Å²) < 4.78 is 2.14. The number of rotatable bonds is 4. The molecule has 0 bridgehead atoms. The van der Waals surface area contributed by atoms with E-state index in [1.165, 1.54) is 0 Å². The summed E-state index contributed by atoms with van der Waals surface area (Å²) in [6.07, 6.45) is 2.07. The van der Waals surface area contributed by atoms with Crippen LogP contribution in [0.2, 0.25) is 0 Å². The number of hydrogen-bond donors (Lipinski definition) is 1. The zero-order chi connectivity index (χ0) is 11.6. The maximum absolute atomic E-state index is 11.0. The molecular weight excluding hydrogens is 190 g/mol. The average molecular weight is 209 g/mol. The highest BCUT2D eigenvalue weighted by molar-refractivity contribution is 5.89. The first-order valence-corrected chi connectivity index (χ1v) is 5.44. The number of hydrogen-bond acceptors (Lipinski definition) is 1. The predicted octanol–water partition coefficient (Wildman–Crippen LogP) is 3.16. The summed E-state index contributed by atoms with van der Waals surface area (Å²) in [5, 5.41) is 9.02. The Balaban J connectivity index is 3.23. The minimum Gasteiger partial charge on any atom is -0.478 e. The molecule has 0 fully saturated rings. The Bertz CT molecular complexity index is 362. The van der Waals surface area contributed by atoms with Crippen molar-refractivity contribution in [2.75, 3.05) is 0 Å². The molecule has 0 spiro atoms. The molecule has 0 saturated carbocycles. The van der Waals surface area contributed by atoms with Crippen molar-refractivity contribution in [2.45, 2.75) is 46.6 Å². The molecule has 1 heterocycles. The molecule has 0 amide bonds. The van der Waals surface area contributed by atoms with Crippen LogP contribution in [0, 0.1) is 13.8 Å². The molecule has 15 heavy (non-hydrogen) atoms. The molecular formula is C12H19NO2. The van der Waals surface area contributed by atoms with Crippen molar-refractivity contribution < 1.29 is 9.90 Å². The molecule has 1 N–H and O–H groups in total. The maximum atomic E-state index is 11.0. The number of aromatic nitrogens is 1. The number of carboxylic acid groups (broad SMARTS) is 1. The molecule has 1 rings (SSSR count). The van der Waals surface area contributed by atoms with E-state index in [-0.39, 0.29) is 0 Å². The van der Waals surface area contributed by atoms with E-state index < -0.39 is 5.97 Å². The van der Waals surface area contributed by atoms with Gasteiger partial charge in [0.25, 0.3) is 0 Å². The molecule has 1 aromatic rings. The Morgan fingerprint density at radius 1 is 1.40 bits per heavy atom. The van der Waals surface area contributed by atoms with Crippen molar-refractivity contribution in [1.82, 2.24) is 4.57 Å². The van der Waals surface area contributed by atoms with Gasteiger partial charge in [0.2, 0.25) is 0 Å². The SMILES string of the molecule is CCC(CC)n1c(C)cc(C(=O)O)c1C. The van der Waals surface area contributed by atoms with Crippen LogP contribution in [-0.2, 0) is 0 Å². The van der Waals surface area contributed by atoms with Crippen molar-refractivity contribution in [1.29, 1.82) is 0 Å². The van der Waals surface area contributed by atoms with Gasteiger partial charge in [0.15, 0.2) is 0 Å². The lowest BCUT2D eigenvalue weighted by molar-refractivity contribution is 0.0696. The third kappa shape index (κ3) is 2.06. The zero-order valence-corrected chi connectivity index (χ0v) is 9.87. The summed E-state index contributed by atoms with van der Waals surface area (Å²) >= 11 is 0. The second-order valence-electron chi connectivity index (χ2n) is 3.93. The molecule has 0 atom stereocenters. The van der Waals surface area contributed by atoms with Crippen LogP contribution in [0.3, 0.4) is 0 Å². The van der Waals surface area contributed by atoms with Crippen molar-refractivity contribution >= 4 is 5.97 Å². The molecule has 3 nitrogen and oxygen atoms in total. The van der Waals surface area contributed by atoms with E-state index in [1.807, 2.05) is 13.8 Å². The fraction of sp³-hybridized carbons (Fsp3) is 0.583. The first-order valence-electron chi connectivity index (χ1n) is 5.44. The maximum Gasteiger partial charge on any atom is 0.337 e. The summed E-state index contributed by atoms with van der Waals surface area (Å²) in [6, 6.07) is 2.17. The summed E-state index contributed by atoms with van der Waals surface area (Å²) in [4.78, 5) is 11.0. The van der Waals surface area contributed by atoms with Gasteiger partial charge in [-0.3, -0.25) is 0 Å². The summed E-state index contributed by atoms with van der Waals surface area (Å²) in [6.45, 7) is 8.12. The van der Waals surface area contributed by atoms with Crippen LogP contribution < -0.4 is 0 Å². The van der Waals surface area contributed by atoms with Crippen molar-refractivity contribution in [3.63, 3.8) is 0 Å². The van der Waals surface area contributed by atoms with Crippen molar-refractivity contribution in [3.05, 3.63) is 23.0 Å². The molecule has 0 aliphatic rings. The third-order valence-electron chi connectivity index (χ3n) is 3.02.